The van der Waals surface area contributed by atoms with Crippen LogP contribution in [0.15, 0.2) is 30.3 Å². The summed E-state index contributed by atoms with van der Waals surface area (Å²) in [5.41, 5.74) is 6.05. The van der Waals surface area contributed by atoms with Crippen LogP contribution in [-0.2, 0) is 0 Å². The molecule has 3 unspecified atom stereocenters. The van der Waals surface area contributed by atoms with Crippen LogP contribution in [0.1, 0.15) is 36.2 Å². The van der Waals surface area contributed by atoms with Crippen LogP contribution in [0.25, 0.3) is 10.9 Å². The lowest BCUT2D eigenvalue weighted by Gasteiger charge is -2.38. The summed E-state index contributed by atoms with van der Waals surface area (Å²) in [7, 11) is 4.34. The monoisotopic (exact) mass is 436 g/mol. The molecule has 2 aromatic rings. The highest BCUT2D eigenvalue weighted by Gasteiger charge is 2.54. The zero-order valence-corrected chi connectivity index (χ0v) is 19.4. The maximum absolute atomic E-state index is 13.4. The number of benzene rings is 1. The Kier molecular flexibility index (Phi) is 5.06. The lowest BCUT2D eigenvalue weighted by Crippen LogP contribution is -2.51. The molecule has 3 saturated heterocycles. The predicted molar refractivity (Wildman–Crippen MR) is 126 cm³/mol. The van der Waals surface area contributed by atoms with E-state index in [9.17, 15) is 4.79 Å². The number of carbonyl (C=O) groups excluding carboxylic acids is 1. The number of piperidine rings is 1. The van der Waals surface area contributed by atoms with Crippen LogP contribution >= 0.6 is 0 Å². The summed E-state index contributed by atoms with van der Waals surface area (Å²) in [6.07, 6.45) is 4.99. The average molecular weight is 437 g/mol. The van der Waals surface area contributed by atoms with Crippen molar-refractivity contribution in [2.24, 2.45) is 5.92 Å². The molecule has 1 spiro atoms. The molecule has 3 aliphatic heterocycles. The van der Waals surface area contributed by atoms with Gasteiger partial charge in [-0.3, -0.25) is 15.1 Å². The second-order valence-corrected chi connectivity index (χ2v) is 10.7. The Morgan fingerprint density at radius 1 is 1.16 bits per heavy atom. The SMILES string of the molecule is CN(C)CCN1CC2C3CN(C(=O)c4cc5ccccc5[nH]4)CCC3NN2CCC12CC2. The number of hydrogen-bond acceptors (Lipinski definition) is 5. The number of hydrogen-bond donors (Lipinski definition) is 2. The molecule has 1 saturated carbocycles. The first-order chi connectivity index (χ1) is 15.5. The standard InChI is InChI=1S/C25H36N6O/c1-28(2)13-14-30-17-23-19-16-29(24(32)22-15-18-5-3-4-6-20(18)26-22)11-7-21(19)27-31(23)12-10-25(30)8-9-25/h3-6,15,19,21,23,26-27H,7-14,16-17H2,1-2H3. The summed E-state index contributed by atoms with van der Waals surface area (Å²) in [5, 5.41) is 3.65. The fourth-order valence-electron chi connectivity index (χ4n) is 6.35. The van der Waals surface area contributed by atoms with Gasteiger partial charge < -0.3 is 14.8 Å². The van der Waals surface area contributed by atoms with Crippen molar-refractivity contribution in [3.05, 3.63) is 36.0 Å². The van der Waals surface area contributed by atoms with Gasteiger partial charge in [-0.1, -0.05) is 18.2 Å². The molecule has 1 amide bonds. The molecule has 172 valence electrons. The Morgan fingerprint density at radius 3 is 2.78 bits per heavy atom. The van der Waals surface area contributed by atoms with E-state index in [4.69, 9.17) is 0 Å². The van der Waals surface area contributed by atoms with Gasteiger partial charge in [0, 0.05) is 73.7 Å². The molecule has 4 heterocycles. The van der Waals surface area contributed by atoms with Crippen LogP contribution in [0.4, 0.5) is 0 Å². The number of nitrogens with zero attached hydrogens (tertiary/aromatic N) is 4. The van der Waals surface area contributed by atoms with E-state index in [1.807, 2.05) is 24.3 Å². The number of likely N-dealkylation sites (N-methyl/N-ethyl adjacent to an activating group) is 1. The van der Waals surface area contributed by atoms with Crippen molar-refractivity contribution in [1.29, 1.82) is 0 Å². The van der Waals surface area contributed by atoms with Crippen LogP contribution < -0.4 is 5.43 Å². The fraction of sp³-hybridized carbons (Fsp3) is 0.640. The zero-order valence-electron chi connectivity index (χ0n) is 19.4. The van der Waals surface area contributed by atoms with E-state index in [0.717, 1.165) is 62.3 Å². The molecule has 6 rings (SSSR count). The van der Waals surface area contributed by atoms with Crippen LogP contribution in [0.3, 0.4) is 0 Å². The van der Waals surface area contributed by atoms with Crippen molar-refractivity contribution in [2.45, 2.75) is 43.3 Å². The Bertz CT molecular complexity index is 964. The Hall–Kier alpha value is -1.93. The van der Waals surface area contributed by atoms with E-state index in [-0.39, 0.29) is 5.91 Å². The molecular formula is C25H36N6O. The molecule has 4 fully saturated rings. The largest absolute Gasteiger partial charge is 0.351 e. The minimum Gasteiger partial charge on any atom is -0.351 e. The number of aromatic nitrogens is 1. The molecule has 3 atom stereocenters. The van der Waals surface area contributed by atoms with Crippen molar-refractivity contribution < 1.29 is 4.79 Å². The third-order valence-electron chi connectivity index (χ3n) is 8.47. The van der Waals surface area contributed by atoms with E-state index < -0.39 is 0 Å². The molecule has 7 nitrogen and oxygen atoms in total. The maximum atomic E-state index is 13.4. The Labute approximate surface area is 190 Å². The minimum absolute atomic E-state index is 0.148. The number of fused-ring (bicyclic) bond motifs is 4. The fourth-order valence-corrected chi connectivity index (χ4v) is 6.35. The molecular weight excluding hydrogens is 400 g/mol. The summed E-state index contributed by atoms with van der Waals surface area (Å²) >= 11 is 0. The van der Waals surface area contributed by atoms with Gasteiger partial charge in [0.25, 0.3) is 5.91 Å². The summed E-state index contributed by atoms with van der Waals surface area (Å²) in [4.78, 5) is 23.9. The molecule has 7 heteroatoms. The smallest absolute Gasteiger partial charge is 0.270 e. The number of H-pyrrole nitrogens is 1. The van der Waals surface area contributed by atoms with Crippen LogP contribution in [0.5, 0.6) is 0 Å². The summed E-state index contributed by atoms with van der Waals surface area (Å²) < 4.78 is 0. The highest BCUT2D eigenvalue weighted by Crippen LogP contribution is 2.47. The van der Waals surface area contributed by atoms with E-state index in [0.29, 0.717) is 23.5 Å². The third-order valence-corrected chi connectivity index (χ3v) is 8.47. The summed E-state index contributed by atoms with van der Waals surface area (Å²) in [6, 6.07) is 11.1. The van der Waals surface area contributed by atoms with Gasteiger partial charge in [-0.15, -0.1) is 0 Å². The summed E-state index contributed by atoms with van der Waals surface area (Å²) in [5.74, 6) is 0.641. The van der Waals surface area contributed by atoms with Crippen LogP contribution in [0, 0.1) is 5.92 Å². The van der Waals surface area contributed by atoms with E-state index in [1.54, 1.807) is 0 Å². The Morgan fingerprint density at radius 2 is 2.00 bits per heavy atom. The van der Waals surface area contributed by atoms with Gasteiger partial charge in [0.05, 0.1) is 0 Å². The van der Waals surface area contributed by atoms with Crippen LogP contribution in [-0.4, -0.2) is 102 Å². The summed E-state index contributed by atoms with van der Waals surface area (Å²) in [6.45, 7) is 6.19. The normalized spacial score (nSPS) is 30.0. The van der Waals surface area contributed by atoms with Crippen molar-refractivity contribution in [2.75, 3.05) is 53.4 Å². The van der Waals surface area contributed by atoms with Gasteiger partial charge in [-0.05, 0) is 51.9 Å². The van der Waals surface area contributed by atoms with E-state index in [1.165, 1.54) is 19.3 Å². The Balaban J connectivity index is 1.19. The number of carbonyl (C=O) groups is 1. The first kappa shape index (κ1) is 20.7. The number of para-hydroxylation sites is 1. The van der Waals surface area contributed by atoms with Gasteiger partial charge in [0.15, 0.2) is 0 Å². The lowest BCUT2D eigenvalue weighted by atomic mass is 9.87. The number of hydrazine groups is 1. The van der Waals surface area contributed by atoms with E-state index >= 15 is 0 Å². The molecule has 2 N–H and O–H groups in total. The maximum Gasteiger partial charge on any atom is 0.270 e. The van der Waals surface area contributed by atoms with Crippen molar-refractivity contribution >= 4 is 16.8 Å². The van der Waals surface area contributed by atoms with Gasteiger partial charge in [0.1, 0.15) is 5.69 Å². The highest BCUT2D eigenvalue weighted by molar-refractivity contribution is 5.98. The van der Waals surface area contributed by atoms with E-state index in [2.05, 4.69) is 50.3 Å². The molecule has 1 aromatic heterocycles. The zero-order chi connectivity index (χ0) is 21.9. The number of amides is 1. The number of aromatic amines is 1. The average Bonchev–Trinajstić information content (AvgIpc) is 3.36. The lowest BCUT2D eigenvalue weighted by molar-refractivity contribution is 0.0620. The van der Waals surface area contributed by atoms with Crippen LogP contribution in [0.2, 0.25) is 0 Å². The number of nitrogens with one attached hydrogen (secondary N) is 2. The second-order valence-electron chi connectivity index (χ2n) is 10.7. The molecule has 0 radical (unpaired) electrons. The molecule has 1 aliphatic carbocycles. The molecule has 4 aliphatic rings. The highest BCUT2D eigenvalue weighted by atomic mass is 16.2. The van der Waals surface area contributed by atoms with Gasteiger partial charge >= 0.3 is 0 Å². The van der Waals surface area contributed by atoms with Gasteiger partial charge in [-0.25, -0.2) is 5.01 Å². The van der Waals surface area contributed by atoms with Crippen molar-refractivity contribution in [3.8, 4) is 0 Å². The quantitative estimate of drug-likeness (QED) is 0.768. The number of rotatable bonds is 4. The number of likely N-dealkylation sites (tertiary alicyclic amines) is 1. The molecule has 32 heavy (non-hydrogen) atoms. The van der Waals surface area contributed by atoms with Gasteiger partial charge in [0.2, 0.25) is 0 Å². The first-order valence-corrected chi connectivity index (χ1v) is 12.3. The van der Waals surface area contributed by atoms with Crippen molar-refractivity contribution in [1.82, 2.24) is 30.1 Å². The minimum atomic E-state index is 0.148. The molecule has 0 bridgehead atoms. The topological polar surface area (TPSA) is 57.9 Å². The first-order valence-electron chi connectivity index (χ1n) is 12.3. The predicted octanol–water partition coefficient (Wildman–Crippen LogP) is 1.99. The third kappa shape index (κ3) is 3.55. The molecule has 1 aromatic carbocycles. The van der Waals surface area contributed by atoms with Gasteiger partial charge in [-0.2, -0.15) is 0 Å². The second kappa shape index (κ2) is 7.83. The van der Waals surface area contributed by atoms with Crippen molar-refractivity contribution in [3.63, 3.8) is 0 Å².